The zero-order chi connectivity index (χ0) is 12.3. The maximum atomic E-state index is 10.7. The van der Waals surface area contributed by atoms with E-state index in [2.05, 4.69) is 10.2 Å². The second-order valence-corrected chi connectivity index (χ2v) is 4.14. The van der Waals surface area contributed by atoms with Crippen LogP contribution in [0, 0.1) is 0 Å². The molecule has 1 saturated heterocycles. The van der Waals surface area contributed by atoms with E-state index >= 15 is 0 Å². The number of anilines is 1. The van der Waals surface area contributed by atoms with Crippen molar-refractivity contribution in [2.24, 2.45) is 5.73 Å². The Kier molecular flexibility index (Phi) is 3.61. The van der Waals surface area contributed by atoms with E-state index in [0.717, 1.165) is 31.9 Å². The van der Waals surface area contributed by atoms with Gasteiger partial charge in [0.05, 0.1) is 0 Å². The predicted molar refractivity (Wildman–Crippen MR) is 66.1 cm³/mol. The Hall–Kier alpha value is -1.59. The zero-order valence-electron chi connectivity index (χ0n) is 9.60. The molecule has 0 unspecified atom stereocenters. The Balaban J connectivity index is 2.09. The molecular weight excluding hydrogens is 218 g/mol. The van der Waals surface area contributed by atoms with Crippen LogP contribution >= 0.6 is 0 Å². The van der Waals surface area contributed by atoms with Gasteiger partial charge in [0, 0.05) is 31.9 Å². The number of piperazine rings is 1. The molecule has 0 bridgehead atoms. The summed E-state index contributed by atoms with van der Waals surface area (Å²) >= 11 is 0. The van der Waals surface area contributed by atoms with Crippen molar-refractivity contribution in [3.8, 4) is 0 Å². The molecule has 0 aliphatic carbocycles. The van der Waals surface area contributed by atoms with Gasteiger partial charge in [-0.2, -0.15) is 0 Å². The van der Waals surface area contributed by atoms with Gasteiger partial charge in [0.15, 0.2) is 0 Å². The Labute approximate surface area is 100 Å². The average molecular weight is 235 g/mol. The van der Waals surface area contributed by atoms with Crippen LogP contribution in [0.4, 0.5) is 5.69 Å². The van der Waals surface area contributed by atoms with Gasteiger partial charge in [-0.05, 0) is 17.7 Å². The lowest BCUT2D eigenvalue weighted by Crippen LogP contribution is -2.43. The minimum atomic E-state index is -1.00. The third-order valence-corrected chi connectivity index (χ3v) is 3.00. The summed E-state index contributed by atoms with van der Waals surface area (Å²) < 4.78 is 0. The van der Waals surface area contributed by atoms with Crippen molar-refractivity contribution in [1.82, 2.24) is 5.32 Å². The van der Waals surface area contributed by atoms with Gasteiger partial charge in [-0.1, -0.05) is 12.1 Å². The van der Waals surface area contributed by atoms with Gasteiger partial charge >= 0.3 is 5.97 Å². The quantitative estimate of drug-likeness (QED) is 0.696. The highest BCUT2D eigenvalue weighted by Crippen LogP contribution is 2.18. The Bertz CT molecular complexity index is 385. The number of benzene rings is 1. The molecule has 5 heteroatoms. The van der Waals surface area contributed by atoms with Crippen LogP contribution in [0.5, 0.6) is 0 Å². The summed E-state index contributed by atoms with van der Waals surface area (Å²) in [6, 6.07) is 6.51. The summed E-state index contributed by atoms with van der Waals surface area (Å²) in [5, 5.41) is 12.1. The van der Waals surface area contributed by atoms with Gasteiger partial charge in [0.25, 0.3) is 0 Å². The van der Waals surface area contributed by atoms with E-state index in [1.165, 1.54) is 0 Å². The molecular formula is C12H17N3O2. The number of nitrogens with zero attached hydrogens (tertiary/aromatic N) is 1. The lowest BCUT2D eigenvalue weighted by Gasteiger charge is -2.29. The monoisotopic (exact) mass is 235 g/mol. The fraction of sp³-hybridized carbons (Fsp3) is 0.417. The van der Waals surface area contributed by atoms with E-state index in [0.29, 0.717) is 5.56 Å². The Morgan fingerprint density at radius 2 is 1.88 bits per heavy atom. The molecule has 0 amide bonds. The zero-order valence-corrected chi connectivity index (χ0v) is 9.60. The van der Waals surface area contributed by atoms with Crippen molar-refractivity contribution >= 4 is 11.7 Å². The lowest BCUT2D eigenvalue weighted by atomic mass is 10.1. The van der Waals surface area contributed by atoms with Crippen molar-refractivity contribution in [3.63, 3.8) is 0 Å². The summed E-state index contributed by atoms with van der Waals surface area (Å²) in [5.41, 5.74) is 7.30. The van der Waals surface area contributed by atoms with E-state index in [9.17, 15) is 4.79 Å². The number of carboxylic acids is 1. The highest BCUT2D eigenvalue weighted by molar-refractivity contribution is 5.75. The smallest absolute Gasteiger partial charge is 0.325 e. The minimum Gasteiger partial charge on any atom is -0.480 e. The van der Waals surface area contributed by atoms with Gasteiger partial charge in [-0.3, -0.25) is 4.79 Å². The molecule has 1 fully saturated rings. The lowest BCUT2D eigenvalue weighted by molar-refractivity contribution is -0.138. The van der Waals surface area contributed by atoms with Crippen molar-refractivity contribution in [2.45, 2.75) is 6.04 Å². The highest BCUT2D eigenvalue weighted by atomic mass is 16.4. The number of rotatable bonds is 3. The summed E-state index contributed by atoms with van der Waals surface area (Å²) in [7, 11) is 0. The average Bonchev–Trinajstić information content (AvgIpc) is 2.39. The minimum absolute atomic E-state index is 0.636. The summed E-state index contributed by atoms with van der Waals surface area (Å²) in [6.07, 6.45) is 0. The molecule has 0 spiro atoms. The first-order valence-electron chi connectivity index (χ1n) is 5.72. The number of hydrogen-bond acceptors (Lipinski definition) is 4. The first kappa shape index (κ1) is 11.9. The van der Waals surface area contributed by atoms with Crippen LogP contribution in [-0.2, 0) is 4.79 Å². The second-order valence-electron chi connectivity index (χ2n) is 4.14. The molecule has 0 aromatic heterocycles. The summed E-state index contributed by atoms with van der Waals surface area (Å²) in [4.78, 5) is 13.0. The van der Waals surface area contributed by atoms with Crippen LogP contribution in [-0.4, -0.2) is 37.3 Å². The van der Waals surface area contributed by atoms with Crippen LogP contribution in [0.25, 0.3) is 0 Å². The van der Waals surface area contributed by atoms with E-state index in [1.807, 2.05) is 12.1 Å². The SMILES string of the molecule is N[C@H](C(=O)O)c1ccc(N2CCNCC2)cc1. The number of hydrogen-bond donors (Lipinski definition) is 3. The van der Waals surface area contributed by atoms with Crippen LogP contribution in [0.2, 0.25) is 0 Å². The third-order valence-electron chi connectivity index (χ3n) is 3.00. The molecule has 1 heterocycles. The van der Waals surface area contributed by atoms with Crippen LogP contribution in [0.3, 0.4) is 0 Å². The Morgan fingerprint density at radius 3 is 2.41 bits per heavy atom. The Morgan fingerprint density at radius 1 is 1.29 bits per heavy atom. The van der Waals surface area contributed by atoms with E-state index < -0.39 is 12.0 Å². The molecule has 0 saturated carbocycles. The maximum absolute atomic E-state index is 10.7. The molecule has 4 N–H and O–H groups in total. The highest BCUT2D eigenvalue weighted by Gasteiger charge is 2.15. The standard InChI is InChI=1S/C12H17N3O2/c13-11(12(16)17)9-1-3-10(4-2-9)15-7-5-14-6-8-15/h1-4,11,14H,5-8,13H2,(H,16,17)/t11-/m0/s1. The van der Waals surface area contributed by atoms with Crippen molar-refractivity contribution < 1.29 is 9.90 Å². The second kappa shape index (κ2) is 5.16. The largest absolute Gasteiger partial charge is 0.480 e. The third kappa shape index (κ3) is 2.75. The molecule has 1 aliphatic heterocycles. The normalized spacial score (nSPS) is 17.8. The van der Waals surface area contributed by atoms with Crippen LogP contribution < -0.4 is 16.0 Å². The van der Waals surface area contributed by atoms with Gasteiger partial charge in [-0.25, -0.2) is 0 Å². The molecule has 2 rings (SSSR count). The molecule has 1 aromatic carbocycles. The number of carboxylic acid groups (broad SMARTS) is 1. The van der Waals surface area contributed by atoms with Crippen molar-refractivity contribution in [2.75, 3.05) is 31.1 Å². The summed E-state index contributed by atoms with van der Waals surface area (Å²) in [6.45, 7) is 3.92. The van der Waals surface area contributed by atoms with Gasteiger partial charge in [0.2, 0.25) is 0 Å². The molecule has 1 aromatic rings. The fourth-order valence-electron chi connectivity index (χ4n) is 1.96. The van der Waals surface area contributed by atoms with Crippen LogP contribution in [0.1, 0.15) is 11.6 Å². The summed E-state index contributed by atoms with van der Waals surface area (Å²) in [5.74, 6) is -1.00. The van der Waals surface area contributed by atoms with E-state index in [-0.39, 0.29) is 0 Å². The molecule has 1 aliphatic rings. The van der Waals surface area contributed by atoms with Crippen molar-refractivity contribution in [1.29, 1.82) is 0 Å². The first-order chi connectivity index (χ1) is 8.18. The van der Waals surface area contributed by atoms with Gasteiger partial charge in [0.1, 0.15) is 6.04 Å². The molecule has 0 radical (unpaired) electrons. The number of carbonyl (C=O) groups is 1. The van der Waals surface area contributed by atoms with E-state index in [4.69, 9.17) is 10.8 Å². The molecule has 92 valence electrons. The number of aliphatic carboxylic acids is 1. The molecule has 1 atom stereocenters. The van der Waals surface area contributed by atoms with Gasteiger partial charge < -0.3 is 21.1 Å². The molecule has 5 nitrogen and oxygen atoms in total. The number of nitrogens with two attached hydrogens (primary N) is 1. The van der Waals surface area contributed by atoms with E-state index in [1.54, 1.807) is 12.1 Å². The maximum Gasteiger partial charge on any atom is 0.325 e. The fourth-order valence-corrected chi connectivity index (χ4v) is 1.96. The topological polar surface area (TPSA) is 78.6 Å². The first-order valence-corrected chi connectivity index (χ1v) is 5.72. The van der Waals surface area contributed by atoms with Crippen molar-refractivity contribution in [3.05, 3.63) is 29.8 Å². The van der Waals surface area contributed by atoms with Crippen LogP contribution in [0.15, 0.2) is 24.3 Å². The van der Waals surface area contributed by atoms with Gasteiger partial charge in [-0.15, -0.1) is 0 Å². The predicted octanol–water partition coefficient (Wildman–Crippen LogP) is 0.181. The number of nitrogens with one attached hydrogen (secondary N) is 1. The molecule has 17 heavy (non-hydrogen) atoms.